The number of hydrogen-bond donors (Lipinski definition) is 1. The lowest BCUT2D eigenvalue weighted by atomic mass is 9.77. The summed E-state index contributed by atoms with van der Waals surface area (Å²) >= 11 is 0. The van der Waals surface area contributed by atoms with Gasteiger partial charge in [-0.25, -0.2) is 9.18 Å². The average molecular weight is 377 g/mol. The molecule has 4 aliphatic rings. The van der Waals surface area contributed by atoms with Crippen molar-refractivity contribution in [3.63, 3.8) is 0 Å². The van der Waals surface area contributed by atoms with Crippen molar-refractivity contribution >= 4 is 23.4 Å². The predicted octanol–water partition coefficient (Wildman–Crippen LogP) is 0.885. The summed E-state index contributed by atoms with van der Waals surface area (Å²) < 4.78 is 31.2. The fourth-order valence-electron chi connectivity index (χ4n) is 4.21. The zero-order valence-corrected chi connectivity index (χ0v) is 14.9. The SMILES string of the molecule is CC(=O)NC[C@@H]1OC(=O)N2c3cc(F)c(N4CC5(COC5)C4)cc3OC[C@@H]12. The molecule has 3 fully saturated rings. The van der Waals surface area contributed by atoms with Crippen LogP contribution in [0.3, 0.4) is 0 Å². The standard InChI is InChI=1S/C18H20FN3O5/c1-10(23)20-4-16-14-5-26-15-3-12(21-6-18(7-21)8-25-9-18)11(19)2-13(15)22(14)17(24)27-16/h2-3,14,16H,4-9H2,1H3,(H,20,23)/t14-,16-/m0/s1. The fourth-order valence-corrected chi connectivity index (χ4v) is 4.21. The van der Waals surface area contributed by atoms with Gasteiger partial charge in [0.2, 0.25) is 5.91 Å². The Morgan fingerprint density at radius 3 is 2.78 bits per heavy atom. The summed E-state index contributed by atoms with van der Waals surface area (Å²) in [6.07, 6.45) is -1.09. The molecule has 0 unspecified atom stereocenters. The van der Waals surface area contributed by atoms with Gasteiger partial charge in [-0.3, -0.25) is 9.69 Å². The highest BCUT2D eigenvalue weighted by Gasteiger charge is 2.51. The molecule has 1 aromatic rings. The number of nitrogens with zero attached hydrogens (tertiary/aromatic N) is 2. The maximum Gasteiger partial charge on any atom is 0.415 e. The van der Waals surface area contributed by atoms with E-state index in [0.29, 0.717) is 17.1 Å². The van der Waals surface area contributed by atoms with E-state index in [4.69, 9.17) is 14.2 Å². The van der Waals surface area contributed by atoms with Crippen LogP contribution in [-0.2, 0) is 14.3 Å². The first kappa shape index (κ1) is 16.6. The maximum atomic E-state index is 14.8. The Labute approximate surface area is 155 Å². The van der Waals surface area contributed by atoms with E-state index < -0.39 is 24.1 Å². The number of benzene rings is 1. The zero-order chi connectivity index (χ0) is 18.8. The van der Waals surface area contributed by atoms with E-state index in [-0.39, 0.29) is 24.5 Å². The number of fused-ring (bicyclic) bond motifs is 3. The number of carbonyl (C=O) groups is 2. The molecule has 4 aliphatic heterocycles. The summed E-state index contributed by atoms with van der Waals surface area (Å²) in [5.41, 5.74) is 1.02. The van der Waals surface area contributed by atoms with Gasteiger partial charge in [-0.15, -0.1) is 0 Å². The van der Waals surface area contributed by atoms with Crippen LogP contribution in [-0.4, -0.2) is 63.6 Å². The van der Waals surface area contributed by atoms with E-state index in [1.807, 2.05) is 4.90 Å². The third-order valence-electron chi connectivity index (χ3n) is 5.67. The Morgan fingerprint density at radius 1 is 1.33 bits per heavy atom. The van der Waals surface area contributed by atoms with Crippen LogP contribution >= 0.6 is 0 Å². The molecule has 4 heterocycles. The zero-order valence-electron chi connectivity index (χ0n) is 14.9. The van der Waals surface area contributed by atoms with Crippen molar-refractivity contribution in [3.05, 3.63) is 17.9 Å². The third kappa shape index (κ3) is 2.52. The molecule has 0 aliphatic carbocycles. The Bertz CT molecular complexity index is 819. The van der Waals surface area contributed by atoms with Crippen molar-refractivity contribution in [1.29, 1.82) is 0 Å². The Hall–Kier alpha value is -2.55. The molecule has 1 spiro atoms. The first-order valence-corrected chi connectivity index (χ1v) is 8.99. The molecule has 3 saturated heterocycles. The minimum atomic E-state index is -0.554. The molecule has 0 bridgehead atoms. The second-order valence-electron chi connectivity index (χ2n) is 7.73. The highest BCUT2D eigenvalue weighted by molar-refractivity contribution is 5.94. The lowest BCUT2D eigenvalue weighted by Gasteiger charge is -2.56. The van der Waals surface area contributed by atoms with E-state index in [2.05, 4.69) is 5.32 Å². The molecule has 0 saturated carbocycles. The van der Waals surface area contributed by atoms with Crippen molar-refractivity contribution in [3.8, 4) is 5.75 Å². The molecule has 1 N–H and O–H groups in total. The number of rotatable bonds is 3. The van der Waals surface area contributed by atoms with Crippen molar-refractivity contribution < 1.29 is 28.2 Å². The van der Waals surface area contributed by atoms with Gasteiger partial charge in [0.1, 0.15) is 30.3 Å². The van der Waals surface area contributed by atoms with Crippen LogP contribution in [0.5, 0.6) is 5.75 Å². The molecular formula is C18H20FN3O5. The number of halogens is 1. The van der Waals surface area contributed by atoms with Crippen LogP contribution < -0.4 is 19.9 Å². The lowest BCUT2D eigenvalue weighted by molar-refractivity contribution is -0.127. The summed E-state index contributed by atoms with van der Waals surface area (Å²) in [4.78, 5) is 26.9. The van der Waals surface area contributed by atoms with Crippen LogP contribution in [0.2, 0.25) is 0 Å². The Morgan fingerprint density at radius 2 is 2.11 bits per heavy atom. The van der Waals surface area contributed by atoms with Gasteiger partial charge in [0.25, 0.3) is 0 Å². The summed E-state index contributed by atoms with van der Waals surface area (Å²) in [7, 11) is 0. The minimum Gasteiger partial charge on any atom is -0.489 e. The van der Waals surface area contributed by atoms with Gasteiger partial charge in [0, 0.05) is 32.1 Å². The van der Waals surface area contributed by atoms with Gasteiger partial charge in [-0.05, 0) is 0 Å². The van der Waals surface area contributed by atoms with Crippen molar-refractivity contribution in [2.24, 2.45) is 5.41 Å². The molecule has 0 aromatic heterocycles. The summed E-state index contributed by atoms with van der Waals surface area (Å²) in [6, 6.07) is 2.59. The van der Waals surface area contributed by atoms with Crippen molar-refractivity contribution in [2.75, 3.05) is 49.3 Å². The second kappa shape index (κ2) is 5.72. The number of amides is 2. The van der Waals surface area contributed by atoms with Crippen molar-refractivity contribution in [1.82, 2.24) is 5.32 Å². The Balaban J connectivity index is 1.38. The highest BCUT2D eigenvalue weighted by atomic mass is 19.1. The smallest absolute Gasteiger partial charge is 0.415 e. The van der Waals surface area contributed by atoms with Gasteiger partial charge in [-0.2, -0.15) is 0 Å². The quantitative estimate of drug-likeness (QED) is 0.843. The van der Waals surface area contributed by atoms with E-state index in [1.54, 1.807) is 6.07 Å². The Kier molecular flexibility index (Phi) is 3.52. The van der Waals surface area contributed by atoms with Crippen LogP contribution in [0.1, 0.15) is 6.92 Å². The molecule has 5 rings (SSSR count). The number of ether oxygens (including phenoxy) is 3. The number of cyclic esters (lactones) is 1. The summed E-state index contributed by atoms with van der Waals surface area (Å²) in [6.45, 7) is 4.79. The average Bonchev–Trinajstić information content (AvgIpc) is 2.87. The van der Waals surface area contributed by atoms with Gasteiger partial charge < -0.3 is 24.4 Å². The second-order valence-corrected chi connectivity index (χ2v) is 7.73. The first-order valence-electron chi connectivity index (χ1n) is 8.99. The molecule has 2 atom stereocenters. The normalized spacial score (nSPS) is 27.1. The monoisotopic (exact) mass is 377 g/mol. The van der Waals surface area contributed by atoms with E-state index in [9.17, 15) is 14.0 Å². The summed E-state index contributed by atoms with van der Waals surface area (Å²) in [5, 5.41) is 2.65. The largest absolute Gasteiger partial charge is 0.489 e. The van der Waals surface area contributed by atoms with E-state index in [0.717, 1.165) is 26.3 Å². The van der Waals surface area contributed by atoms with Crippen LogP contribution in [0.25, 0.3) is 0 Å². The molecule has 1 aromatic carbocycles. The van der Waals surface area contributed by atoms with Gasteiger partial charge >= 0.3 is 6.09 Å². The number of nitrogens with one attached hydrogen (secondary N) is 1. The molecule has 8 nitrogen and oxygen atoms in total. The molecule has 0 radical (unpaired) electrons. The van der Waals surface area contributed by atoms with Crippen LogP contribution in [0.15, 0.2) is 12.1 Å². The summed E-state index contributed by atoms with van der Waals surface area (Å²) in [5.74, 6) is -0.140. The molecule has 9 heteroatoms. The highest BCUT2D eigenvalue weighted by Crippen LogP contribution is 2.46. The van der Waals surface area contributed by atoms with E-state index >= 15 is 0 Å². The number of carbonyl (C=O) groups excluding carboxylic acids is 2. The van der Waals surface area contributed by atoms with Crippen LogP contribution in [0, 0.1) is 11.2 Å². The topological polar surface area (TPSA) is 80.3 Å². The molecule has 144 valence electrons. The van der Waals surface area contributed by atoms with Gasteiger partial charge in [0.05, 0.1) is 36.5 Å². The fraction of sp³-hybridized carbons (Fsp3) is 0.556. The predicted molar refractivity (Wildman–Crippen MR) is 92.6 cm³/mol. The van der Waals surface area contributed by atoms with Gasteiger partial charge in [-0.1, -0.05) is 0 Å². The third-order valence-corrected chi connectivity index (χ3v) is 5.67. The lowest BCUT2D eigenvalue weighted by Crippen LogP contribution is -2.66. The minimum absolute atomic E-state index is 0.171. The van der Waals surface area contributed by atoms with E-state index in [1.165, 1.54) is 17.9 Å². The number of hydrogen-bond acceptors (Lipinski definition) is 6. The first-order chi connectivity index (χ1) is 13.0. The number of anilines is 2. The molecule has 27 heavy (non-hydrogen) atoms. The van der Waals surface area contributed by atoms with Gasteiger partial charge in [0.15, 0.2) is 0 Å². The van der Waals surface area contributed by atoms with Crippen LogP contribution in [0.4, 0.5) is 20.6 Å². The maximum absolute atomic E-state index is 14.8. The van der Waals surface area contributed by atoms with Crippen molar-refractivity contribution in [2.45, 2.75) is 19.1 Å². The molecular weight excluding hydrogens is 357 g/mol. The molecule has 2 amide bonds.